The molecule has 1 aliphatic heterocycles. The van der Waals surface area contributed by atoms with Gasteiger partial charge in [0.25, 0.3) is 6.43 Å². The molecule has 0 amide bonds. The molecule has 0 spiro atoms. The highest BCUT2D eigenvalue weighted by molar-refractivity contribution is 4.74. The van der Waals surface area contributed by atoms with Crippen LogP contribution in [0.25, 0.3) is 0 Å². The molecule has 2 nitrogen and oxygen atoms in total. The van der Waals surface area contributed by atoms with Gasteiger partial charge in [-0.3, -0.25) is 0 Å². The van der Waals surface area contributed by atoms with Gasteiger partial charge in [-0.2, -0.15) is 0 Å². The first-order valence-corrected chi connectivity index (χ1v) is 4.11. The molecule has 72 valence electrons. The lowest BCUT2D eigenvalue weighted by Gasteiger charge is -2.37. The van der Waals surface area contributed by atoms with Gasteiger partial charge in [0, 0.05) is 5.92 Å². The van der Waals surface area contributed by atoms with Crippen molar-refractivity contribution in [2.75, 3.05) is 0 Å². The molecular formula is C8H14F2O2. The van der Waals surface area contributed by atoms with Gasteiger partial charge in [0.1, 0.15) is 0 Å². The third kappa shape index (κ3) is 1.93. The van der Waals surface area contributed by atoms with Crippen LogP contribution in [0, 0.1) is 5.92 Å². The van der Waals surface area contributed by atoms with Crippen LogP contribution in [0.5, 0.6) is 0 Å². The van der Waals surface area contributed by atoms with E-state index in [1.165, 1.54) is 0 Å². The predicted molar refractivity (Wildman–Crippen MR) is 40.1 cm³/mol. The molecule has 0 aliphatic carbocycles. The Morgan fingerprint density at radius 2 is 1.42 bits per heavy atom. The minimum Gasteiger partial charge on any atom is -0.344 e. The molecule has 0 radical (unpaired) electrons. The zero-order chi connectivity index (χ0) is 9.30. The summed E-state index contributed by atoms with van der Waals surface area (Å²) in [6.07, 6.45) is -4.21. The van der Waals surface area contributed by atoms with Gasteiger partial charge in [0.05, 0.1) is 12.2 Å². The first-order valence-electron chi connectivity index (χ1n) is 4.11. The summed E-state index contributed by atoms with van der Waals surface area (Å²) < 4.78 is 34.2. The minimum absolute atomic E-state index is 0.159. The lowest BCUT2D eigenvalue weighted by molar-refractivity contribution is -0.294. The van der Waals surface area contributed by atoms with Crippen molar-refractivity contribution in [1.82, 2.24) is 0 Å². The van der Waals surface area contributed by atoms with Crippen molar-refractivity contribution in [1.29, 1.82) is 0 Å². The second-order valence-corrected chi connectivity index (χ2v) is 3.24. The molecule has 1 saturated heterocycles. The topological polar surface area (TPSA) is 18.5 Å². The standard InChI is InChI=1S/C8H14F2O2/c1-4-5(2)11-8(7(9)10)12-6(4)3/h4-8H,1-3H3. The van der Waals surface area contributed by atoms with Crippen LogP contribution < -0.4 is 0 Å². The highest BCUT2D eigenvalue weighted by atomic mass is 19.3. The fourth-order valence-electron chi connectivity index (χ4n) is 1.20. The predicted octanol–water partition coefficient (Wildman–Crippen LogP) is 2.04. The summed E-state index contributed by atoms with van der Waals surface area (Å²) in [7, 11) is 0. The summed E-state index contributed by atoms with van der Waals surface area (Å²) in [5.41, 5.74) is 0. The van der Waals surface area contributed by atoms with Gasteiger partial charge < -0.3 is 9.47 Å². The zero-order valence-electron chi connectivity index (χ0n) is 7.46. The minimum atomic E-state index is -2.55. The number of rotatable bonds is 1. The van der Waals surface area contributed by atoms with Crippen LogP contribution in [0.3, 0.4) is 0 Å². The molecule has 4 heteroatoms. The van der Waals surface area contributed by atoms with E-state index < -0.39 is 12.7 Å². The van der Waals surface area contributed by atoms with Crippen LogP contribution in [0.4, 0.5) is 8.78 Å². The van der Waals surface area contributed by atoms with E-state index >= 15 is 0 Å². The van der Waals surface area contributed by atoms with Gasteiger partial charge in [0.15, 0.2) is 0 Å². The molecule has 0 saturated carbocycles. The molecule has 0 aromatic carbocycles. The zero-order valence-corrected chi connectivity index (χ0v) is 7.46. The van der Waals surface area contributed by atoms with E-state index in [0.717, 1.165) is 0 Å². The summed E-state index contributed by atoms with van der Waals surface area (Å²) in [5, 5.41) is 0. The Hall–Kier alpha value is -0.220. The maximum atomic E-state index is 12.1. The van der Waals surface area contributed by atoms with E-state index in [2.05, 4.69) is 0 Å². The quantitative estimate of drug-likeness (QED) is 0.614. The summed E-state index contributed by atoms with van der Waals surface area (Å²) in [4.78, 5) is 0. The molecule has 1 aliphatic rings. The Kier molecular flexibility index (Phi) is 3.01. The molecule has 1 fully saturated rings. The first-order chi connectivity index (χ1) is 5.52. The molecule has 0 N–H and O–H groups in total. The largest absolute Gasteiger partial charge is 0.344 e. The summed E-state index contributed by atoms with van der Waals surface area (Å²) >= 11 is 0. The molecule has 0 aromatic heterocycles. The van der Waals surface area contributed by atoms with Crippen molar-refractivity contribution in [2.24, 2.45) is 5.92 Å². The van der Waals surface area contributed by atoms with Gasteiger partial charge in [-0.15, -0.1) is 0 Å². The van der Waals surface area contributed by atoms with Crippen LogP contribution in [-0.2, 0) is 9.47 Å². The molecular weight excluding hydrogens is 166 g/mol. The summed E-state index contributed by atoms with van der Waals surface area (Å²) in [5.74, 6) is 0.167. The average molecular weight is 180 g/mol. The van der Waals surface area contributed by atoms with Crippen LogP contribution in [0.1, 0.15) is 20.8 Å². The Balaban J connectivity index is 2.53. The number of halogens is 2. The summed E-state index contributed by atoms with van der Waals surface area (Å²) in [6.45, 7) is 5.51. The normalized spacial score (nSPS) is 43.5. The molecule has 2 atom stereocenters. The molecule has 1 rings (SSSR count). The Morgan fingerprint density at radius 1 is 1.00 bits per heavy atom. The van der Waals surface area contributed by atoms with Gasteiger partial charge >= 0.3 is 0 Å². The molecule has 12 heavy (non-hydrogen) atoms. The van der Waals surface area contributed by atoms with Crippen molar-refractivity contribution in [2.45, 2.75) is 45.7 Å². The number of alkyl halides is 2. The average Bonchev–Trinajstić information content (AvgIpc) is 1.99. The summed E-state index contributed by atoms with van der Waals surface area (Å²) in [6, 6.07) is 0. The molecule has 0 aromatic rings. The SMILES string of the molecule is CC1OC(C(F)F)OC(C)C1C. The fraction of sp³-hybridized carbons (Fsp3) is 1.00. The Morgan fingerprint density at radius 3 is 1.75 bits per heavy atom. The lowest BCUT2D eigenvalue weighted by atomic mass is 9.99. The highest BCUT2D eigenvalue weighted by Crippen LogP contribution is 2.26. The maximum Gasteiger partial charge on any atom is 0.288 e. The van der Waals surface area contributed by atoms with Gasteiger partial charge in [-0.05, 0) is 13.8 Å². The van der Waals surface area contributed by atoms with Crippen LogP contribution in [0.2, 0.25) is 0 Å². The highest BCUT2D eigenvalue weighted by Gasteiger charge is 2.36. The number of hydrogen-bond donors (Lipinski definition) is 0. The van der Waals surface area contributed by atoms with Gasteiger partial charge in [0.2, 0.25) is 6.29 Å². The Bertz CT molecular complexity index is 140. The van der Waals surface area contributed by atoms with E-state index in [0.29, 0.717) is 0 Å². The Labute approximate surface area is 70.8 Å². The molecule has 0 bridgehead atoms. The van der Waals surface area contributed by atoms with E-state index in [1.807, 2.05) is 6.92 Å². The lowest BCUT2D eigenvalue weighted by Crippen LogP contribution is -2.45. The first kappa shape index (κ1) is 9.86. The number of hydrogen-bond acceptors (Lipinski definition) is 2. The van der Waals surface area contributed by atoms with Crippen LogP contribution >= 0.6 is 0 Å². The van der Waals surface area contributed by atoms with Gasteiger partial charge in [-0.25, -0.2) is 8.78 Å². The van der Waals surface area contributed by atoms with Crippen molar-refractivity contribution in [3.8, 4) is 0 Å². The van der Waals surface area contributed by atoms with E-state index in [4.69, 9.17) is 9.47 Å². The molecule has 1 heterocycles. The van der Waals surface area contributed by atoms with Crippen molar-refractivity contribution in [3.05, 3.63) is 0 Å². The fourth-order valence-corrected chi connectivity index (χ4v) is 1.20. The smallest absolute Gasteiger partial charge is 0.288 e. The third-order valence-electron chi connectivity index (χ3n) is 2.38. The van der Waals surface area contributed by atoms with E-state index in [1.54, 1.807) is 13.8 Å². The number of ether oxygens (including phenoxy) is 2. The van der Waals surface area contributed by atoms with Crippen molar-refractivity contribution in [3.63, 3.8) is 0 Å². The third-order valence-corrected chi connectivity index (χ3v) is 2.38. The van der Waals surface area contributed by atoms with Crippen molar-refractivity contribution >= 4 is 0 Å². The second kappa shape index (κ2) is 3.66. The molecule has 2 unspecified atom stereocenters. The van der Waals surface area contributed by atoms with E-state index in [-0.39, 0.29) is 18.1 Å². The van der Waals surface area contributed by atoms with Crippen LogP contribution in [-0.4, -0.2) is 24.9 Å². The van der Waals surface area contributed by atoms with E-state index in [9.17, 15) is 8.78 Å². The maximum absolute atomic E-state index is 12.1. The van der Waals surface area contributed by atoms with Crippen LogP contribution in [0.15, 0.2) is 0 Å². The second-order valence-electron chi connectivity index (χ2n) is 3.24. The van der Waals surface area contributed by atoms with Crippen molar-refractivity contribution < 1.29 is 18.3 Å². The monoisotopic (exact) mass is 180 g/mol. The van der Waals surface area contributed by atoms with Gasteiger partial charge in [-0.1, -0.05) is 6.92 Å².